The Morgan fingerprint density at radius 3 is 2.48 bits per heavy atom. The molecule has 0 fully saturated rings. The fraction of sp³-hybridized carbons (Fsp3) is 0.368. The first-order valence-electron chi connectivity index (χ1n) is 7.89. The van der Waals surface area contributed by atoms with E-state index in [2.05, 4.69) is 42.0 Å². The van der Waals surface area contributed by atoms with Crippen LogP contribution in [0.1, 0.15) is 31.9 Å². The van der Waals surface area contributed by atoms with Crippen molar-refractivity contribution in [3.8, 4) is 11.5 Å². The highest BCUT2D eigenvalue weighted by Crippen LogP contribution is 2.37. The maximum atomic E-state index is 14.0. The lowest BCUT2D eigenvalue weighted by molar-refractivity contribution is 0.274. The molecular weight excluding hydrogens is 409 g/mol. The Bertz CT molecular complexity index is 727. The fourth-order valence-electron chi connectivity index (χ4n) is 2.23. The largest absolute Gasteiger partial charge is 0.493 e. The molecule has 0 heterocycles. The summed E-state index contributed by atoms with van der Waals surface area (Å²) in [5, 5.41) is 3.76. The highest BCUT2D eigenvalue weighted by atomic mass is 79.9. The first-order valence-corrected chi connectivity index (χ1v) is 9.06. The van der Waals surface area contributed by atoms with E-state index in [1.807, 2.05) is 12.1 Å². The van der Waals surface area contributed by atoms with Crippen molar-refractivity contribution in [1.29, 1.82) is 0 Å². The third kappa shape index (κ3) is 5.33. The Labute approximate surface area is 161 Å². The summed E-state index contributed by atoms with van der Waals surface area (Å²) < 4.78 is 26.2. The summed E-state index contributed by atoms with van der Waals surface area (Å²) in [5.41, 5.74) is 1.16. The highest BCUT2D eigenvalue weighted by molar-refractivity contribution is 9.10. The molecule has 0 aliphatic heterocycles. The lowest BCUT2D eigenvalue weighted by Crippen LogP contribution is -2.35. The average molecular weight is 431 g/mol. The summed E-state index contributed by atoms with van der Waals surface area (Å²) in [6, 6.07) is 8.29. The highest BCUT2D eigenvalue weighted by Gasteiger charge is 2.18. The number of halogens is 3. The van der Waals surface area contributed by atoms with E-state index in [0.717, 1.165) is 10.0 Å². The Kier molecular flexibility index (Phi) is 6.72. The minimum atomic E-state index is -0.393. The van der Waals surface area contributed by atoms with Gasteiger partial charge in [0.15, 0.2) is 11.5 Å². The molecule has 3 nitrogen and oxygen atoms in total. The predicted octanol–water partition coefficient (Wildman–Crippen LogP) is 5.72. The molecule has 136 valence electrons. The normalized spacial score (nSPS) is 11.5. The van der Waals surface area contributed by atoms with E-state index in [9.17, 15) is 4.39 Å². The van der Waals surface area contributed by atoms with E-state index in [1.165, 1.54) is 6.07 Å². The predicted molar refractivity (Wildman–Crippen MR) is 103 cm³/mol. The lowest BCUT2D eigenvalue weighted by Gasteiger charge is -2.23. The van der Waals surface area contributed by atoms with Gasteiger partial charge in [-0.2, -0.15) is 0 Å². The summed E-state index contributed by atoms with van der Waals surface area (Å²) in [4.78, 5) is 0. The van der Waals surface area contributed by atoms with E-state index in [1.54, 1.807) is 19.2 Å². The van der Waals surface area contributed by atoms with Crippen LogP contribution in [0.5, 0.6) is 11.5 Å². The molecule has 1 N–H and O–H groups in total. The maximum Gasteiger partial charge on any atom is 0.167 e. The number of ether oxygens (including phenoxy) is 2. The number of benzene rings is 2. The van der Waals surface area contributed by atoms with Crippen LogP contribution in [0.4, 0.5) is 4.39 Å². The van der Waals surface area contributed by atoms with E-state index in [0.29, 0.717) is 28.6 Å². The molecule has 0 spiro atoms. The number of nitrogens with one attached hydrogen (secondary N) is 1. The molecule has 0 atom stereocenters. The smallest absolute Gasteiger partial charge is 0.167 e. The second kappa shape index (κ2) is 8.39. The molecule has 0 amide bonds. The summed E-state index contributed by atoms with van der Waals surface area (Å²) in [5.74, 6) is 0.755. The summed E-state index contributed by atoms with van der Waals surface area (Å²) in [6.45, 7) is 6.84. The van der Waals surface area contributed by atoms with Gasteiger partial charge in [0.05, 0.1) is 12.1 Å². The van der Waals surface area contributed by atoms with Crippen molar-refractivity contribution in [2.24, 2.45) is 0 Å². The Hall–Kier alpha value is -1.30. The van der Waals surface area contributed by atoms with Gasteiger partial charge < -0.3 is 14.8 Å². The maximum absolute atomic E-state index is 14.0. The molecule has 0 aliphatic rings. The Morgan fingerprint density at radius 1 is 1.16 bits per heavy atom. The fourth-order valence-corrected chi connectivity index (χ4v) is 2.90. The lowest BCUT2D eigenvalue weighted by atomic mass is 10.1. The third-order valence-corrected chi connectivity index (χ3v) is 4.70. The molecule has 0 aliphatic carbocycles. The van der Waals surface area contributed by atoms with Crippen LogP contribution >= 0.6 is 27.5 Å². The summed E-state index contributed by atoms with van der Waals surface area (Å²) in [7, 11) is 1.58. The van der Waals surface area contributed by atoms with Gasteiger partial charge in [0, 0.05) is 27.7 Å². The molecule has 0 saturated heterocycles. The SMILES string of the molecule is COc1ccc(Br)c(CNC(C)(C)C)c1OCc1c(F)cccc1Cl. The van der Waals surface area contributed by atoms with Gasteiger partial charge in [0.25, 0.3) is 0 Å². The second-order valence-electron chi connectivity index (χ2n) is 6.65. The van der Waals surface area contributed by atoms with Crippen molar-refractivity contribution in [2.75, 3.05) is 7.11 Å². The molecule has 0 saturated carbocycles. The summed E-state index contributed by atoms with van der Waals surface area (Å²) >= 11 is 9.65. The molecule has 2 rings (SSSR count). The molecular formula is C19H22BrClFNO2. The molecule has 0 radical (unpaired) electrons. The molecule has 0 bridgehead atoms. The molecule has 25 heavy (non-hydrogen) atoms. The van der Waals surface area contributed by atoms with Crippen molar-refractivity contribution in [3.05, 3.63) is 56.8 Å². The van der Waals surface area contributed by atoms with Gasteiger partial charge in [-0.25, -0.2) is 4.39 Å². The molecule has 2 aromatic carbocycles. The van der Waals surface area contributed by atoms with E-state index in [-0.39, 0.29) is 12.1 Å². The monoisotopic (exact) mass is 429 g/mol. The molecule has 6 heteroatoms. The van der Waals surface area contributed by atoms with Crippen LogP contribution in [0, 0.1) is 5.82 Å². The standard InChI is InChI=1S/C19H22BrClFNO2/c1-19(2,3)23-10-12-14(20)8-9-17(24-4)18(12)25-11-13-15(21)6-5-7-16(13)22/h5-9,23H,10-11H2,1-4H3. The zero-order chi connectivity index (χ0) is 18.6. The van der Waals surface area contributed by atoms with Crippen LogP contribution < -0.4 is 14.8 Å². The summed E-state index contributed by atoms with van der Waals surface area (Å²) in [6.07, 6.45) is 0. The Balaban J connectivity index is 2.33. The first kappa shape index (κ1) is 20.0. The van der Waals surface area contributed by atoms with Gasteiger partial charge in [0.2, 0.25) is 0 Å². The third-order valence-electron chi connectivity index (χ3n) is 3.61. The van der Waals surface area contributed by atoms with Gasteiger partial charge >= 0.3 is 0 Å². The van der Waals surface area contributed by atoms with Crippen molar-refractivity contribution < 1.29 is 13.9 Å². The minimum Gasteiger partial charge on any atom is -0.493 e. The number of methoxy groups -OCH3 is 1. The topological polar surface area (TPSA) is 30.5 Å². The van der Waals surface area contributed by atoms with Crippen LogP contribution in [-0.2, 0) is 13.2 Å². The number of hydrogen-bond donors (Lipinski definition) is 1. The van der Waals surface area contributed by atoms with Gasteiger partial charge in [0.1, 0.15) is 12.4 Å². The van der Waals surface area contributed by atoms with Crippen LogP contribution in [0.2, 0.25) is 5.02 Å². The van der Waals surface area contributed by atoms with Crippen LogP contribution in [-0.4, -0.2) is 12.6 Å². The van der Waals surface area contributed by atoms with E-state index in [4.69, 9.17) is 21.1 Å². The molecule has 2 aromatic rings. The van der Waals surface area contributed by atoms with E-state index < -0.39 is 5.82 Å². The zero-order valence-corrected chi connectivity index (χ0v) is 17.1. The van der Waals surface area contributed by atoms with Crippen LogP contribution in [0.25, 0.3) is 0 Å². The van der Waals surface area contributed by atoms with Gasteiger partial charge in [-0.3, -0.25) is 0 Å². The molecule has 0 aromatic heterocycles. The van der Waals surface area contributed by atoms with Gasteiger partial charge in [-0.1, -0.05) is 33.6 Å². The number of hydrogen-bond acceptors (Lipinski definition) is 3. The second-order valence-corrected chi connectivity index (χ2v) is 7.91. The quantitative estimate of drug-likeness (QED) is 0.636. The van der Waals surface area contributed by atoms with Crippen LogP contribution in [0.15, 0.2) is 34.8 Å². The minimum absolute atomic E-state index is 0.0147. The van der Waals surface area contributed by atoms with Crippen molar-refractivity contribution in [3.63, 3.8) is 0 Å². The number of rotatable bonds is 6. The van der Waals surface area contributed by atoms with Crippen molar-refractivity contribution >= 4 is 27.5 Å². The van der Waals surface area contributed by atoms with Crippen LogP contribution in [0.3, 0.4) is 0 Å². The average Bonchev–Trinajstić information content (AvgIpc) is 2.52. The van der Waals surface area contributed by atoms with E-state index >= 15 is 0 Å². The zero-order valence-electron chi connectivity index (χ0n) is 14.8. The van der Waals surface area contributed by atoms with Crippen molar-refractivity contribution in [2.45, 2.75) is 39.5 Å². The van der Waals surface area contributed by atoms with Crippen molar-refractivity contribution in [1.82, 2.24) is 5.32 Å². The first-order chi connectivity index (χ1) is 11.7. The molecule has 0 unspecified atom stereocenters. The van der Waals surface area contributed by atoms with Gasteiger partial charge in [-0.05, 0) is 45.0 Å². The van der Waals surface area contributed by atoms with Gasteiger partial charge in [-0.15, -0.1) is 0 Å². The Morgan fingerprint density at radius 2 is 1.88 bits per heavy atom.